The highest BCUT2D eigenvalue weighted by atomic mass is 32.2. The zero-order valence-corrected chi connectivity index (χ0v) is 11.9. The predicted octanol–water partition coefficient (Wildman–Crippen LogP) is 0.425. The molecule has 0 spiro atoms. The van der Waals surface area contributed by atoms with Gasteiger partial charge in [0, 0.05) is 12.6 Å². The number of pyridine rings is 1. The highest BCUT2D eigenvalue weighted by Crippen LogP contribution is 2.20. The SMILES string of the molecule is CCc1noc2ncc(S(=O)(=O)NC3CCNC3)cc12. The number of sulfonamides is 1. The molecule has 2 N–H and O–H groups in total. The lowest BCUT2D eigenvalue weighted by Gasteiger charge is -2.11. The molecule has 0 aromatic carbocycles. The zero-order chi connectivity index (χ0) is 14.2. The molecule has 3 rings (SSSR count). The van der Waals surface area contributed by atoms with Gasteiger partial charge in [0.15, 0.2) is 0 Å². The van der Waals surface area contributed by atoms with Crippen LogP contribution in [0.3, 0.4) is 0 Å². The molecule has 8 heteroatoms. The standard InChI is InChI=1S/C12H16N4O3S/c1-2-11-10-5-9(7-14-12(10)19-15-11)20(17,18)16-8-3-4-13-6-8/h5,7-8,13,16H,2-4,6H2,1H3. The van der Waals surface area contributed by atoms with Crippen LogP contribution in [-0.4, -0.2) is 37.7 Å². The third kappa shape index (κ3) is 2.41. The number of fused-ring (bicyclic) bond motifs is 1. The zero-order valence-electron chi connectivity index (χ0n) is 11.1. The van der Waals surface area contributed by atoms with Gasteiger partial charge in [-0.2, -0.15) is 0 Å². The second-order valence-corrected chi connectivity index (χ2v) is 6.53. The number of aryl methyl sites for hydroxylation is 1. The summed E-state index contributed by atoms with van der Waals surface area (Å²) in [6.45, 7) is 3.42. The Hall–Kier alpha value is -1.51. The highest BCUT2D eigenvalue weighted by Gasteiger charge is 2.24. The summed E-state index contributed by atoms with van der Waals surface area (Å²) in [7, 11) is -3.56. The molecule has 108 valence electrons. The minimum absolute atomic E-state index is 0.0659. The Kier molecular flexibility index (Phi) is 3.45. The van der Waals surface area contributed by atoms with E-state index in [-0.39, 0.29) is 10.9 Å². The molecule has 1 atom stereocenters. The Morgan fingerprint density at radius 3 is 3.10 bits per heavy atom. The largest absolute Gasteiger partial charge is 0.336 e. The molecule has 1 fully saturated rings. The van der Waals surface area contributed by atoms with Crippen LogP contribution in [0, 0.1) is 0 Å². The number of rotatable bonds is 4. The fraction of sp³-hybridized carbons (Fsp3) is 0.500. The van der Waals surface area contributed by atoms with Crippen molar-refractivity contribution in [2.75, 3.05) is 13.1 Å². The first-order valence-corrected chi connectivity index (χ1v) is 8.06. The van der Waals surface area contributed by atoms with Crippen molar-refractivity contribution in [2.45, 2.75) is 30.7 Å². The van der Waals surface area contributed by atoms with Gasteiger partial charge in [0.2, 0.25) is 10.0 Å². The van der Waals surface area contributed by atoms with E-state index in [4.69, 9.17) is 4.52 Å². The van der Waals surface area contributed by atoms with Gasteiger partial charge >= 0.3 is 0 Å². The molecule has 0 aliphatic carbocycles. The third-order valence-electron chi connectivity index (χ3n) is 3.41. The minimum Gasteiger partial charge on any atom is -0.336 e. The van der Waals surface area contributed by atoms with Crippen LogP contribution in [0.1, 0.15) is 19.0 Å². The first-order chi connectivity index (χ1) is 9.60. The van der Waals surface area contributed by atoms with Crippen molar-refractivity contribution in [2.24, 2.45) is 0 Å². The molecule has 2 aromatic heterocycles. The molecular formula is C12H16N4O3S. The maximum atomic E-state index is 12.3. The monoisotopic (exact) mass is 296 g/mol. The Labute approximate surface area is 116 Å². The minimum atomic E-state index is -3.56. The summed E-state index contributed by atoms with van der Waals surface area (Å²) in [6, 6.07) is 1.51. The second-order valence-electron chi connectivity index (χ2n) is 4.82. The topological polar surface area (TPSA) is 97.1 Å². The Bertz CT molecular complexity index is 719. The third-order valence-corrected chi connectivity index (χ3v) is 4.89. The van der Waals surface area contributed by atoms with Crippen molar-refractivity contribution in [3.05, 3.63) is 18.0 Å². The summed E-state index contributed by atoms with van der Waals surface area (Å²) in [4.78, 5) is 4.17. The van der Waals surface area contributed by atoms with Crippen molar-refractivity contribution < 1.29 is 12.9 Å². The lowest BCUT2D eigenvalue weighted by atomic mass is 10.2. The molecule has 1 aliphatic heterocycles. The van der Waals surface area contributed by atoms with Crippen LogP contribution >= 0.6 is 0 Å². The van der Waals surface area contributed by atoms with E-state index in [1.54, 1.807) is 6.07 Å². The summed E-state index contributed by atoms with van der Waals surface area (Å²) in [5.74, 6) is 0. The van der Waals surface area contributed by atoms with E-state index in [2.05, 4.69) is 20.2 Å². The van der Waals surface area contributed by atoms with Crippen LogP contribution in [0.2, 0.25) is 0 Å². The molecule has 0 amide bonds. The van der Waals surface area contributed by atoms with E-state index < -0.39 is 10.0 Å². The van der Waals surface area contributed by atoms with E-state index in [9.17, 15) is 8.42 Å². The van der Waals surface area contributed by atoms with Crippen molar-refractivity contribution in [1.29, 1.82) is 0 Å². The molecule has 3 heterocycles. The quantitative estimate of drug-likeness (QED) is 0.849. The van der Waals surface area contributed by atoms with Crippen molar-refractivity contribution in [1.82, 2.24) is 20.2 Å². The van der Waals surface area contributed by atoms with Crippen molar-refractivity contribution in [3.63, 3.8) is 0 Å². The van der Waals surface area contributed by atoms with Crippen LogP contribution in [0.15, 0.2) is 21.7 Å². The molecule has 0 bridgehead atoms. The molecular weight excluding hydrogens is 280 g/mol. The van der Waals surface area contributed by atoms with Crippen LogP contribution in [0.5, 0.6) is 0 Å². The fourth-order valence-electron chi connectivity index (χ4n) is 2.30. The lowest BCUT2D eigenvalue weighted by Crippen LogP contribution is -2.36. The van der Waals surface area contributed by atoms with Gasteiger partial charge in [0.05, 0.1) is 17.3 Å². The van der Waals surface area contributed by atoms with Crippen LogP contribution in [0.25, 0.3) is 11.1 Å². The number of aromatic nitrogens is 2. The van der Waals surface area contributed by atoms with Gasteiger partial charge in [0.25, 0.3) is 5.71 Å². The predicted molar refractivity (Wildman–Crippen MR) is 72.8 cm³/mol. The van der Waals surface area contributed by atoms with Gasteiger partial charge in [-0.05, 0) is 25.5 Å². The van der Waals surface area contributed by atoms with E-state index in [1.165, 1.54) is 6.20 Å². The molecule has 7 nitrogen and oxygen atoms in total. The average molecular weight is 296 g/mol. The summed E-state index contributed by atoms with van der Waals surface area (Å²) in [5, 5.41) is 7.65. The van der Waals surface area contributed by atoms with Gasteiger partial charge < -0.3 is 9.84 Å². The van der Waals surface area contributed by atoms with Crippen molar-refractivity contribution >= 4 is 21.1 Å². The second kappa shape index (κ2) is 5.12. The van der Waals surface area contributed by atoms with Gasteiger partial charge in [0.1, 0.15) is 4.90 Å². The Morgan fingerprint density at radius 1 is 1.55 bits per heavy atom. The molecule has 1 aliphatic rings. The maximum absolute atomic E-state index is 12.3. The number of hydrogen-bond donors (Lipinski definition) is 2. The molecule has 0 saturated carbocycles. The first kappa shape index (κ1) is 13.5. The van der Waals surface area contributed by atoms with E-state index in [0.29, 0.717) is 29.8 Å². The fourth-order valence-corrected chi connectivity index (χ4v) is 3.55. The smallest absolute Gasteiger partial charge is 0.258 e. The van der Waals surface area contributed by atoms with Gasteiger partial charge in [-0.25, -0.2) is 18.1 Å². The molecule has 2 aromatic rings. The van der Waals surface area contributed by atoms with Gasteiger partial charge in [-0.1, -0.05) is 12.1 Å². The lowest BCUT2D eigenvalue weighted by molar-refractivity contribution is 0.439. The Morgan fingerprint density at radius 2 is 2.40 bits per heavy atom. The Balaban J connectivity index is 1.95. The van der Waals surface area contributed by atoms with E-state index >= 15 is 0 Å². The normalized spacial score (nSPS) is 19.8. The first-order valence-electron chi connectivity index (χ1n) is 6.57. The van der Waals surface area contributed by atoms with Gasteiger partial charge in [-0.3, -0.25) is 0 Å². The summed E-state index contributed by atoms with van der Waals surface area (Å²) < 4.78 is 32.4. The summed E-state index contributed by atoms with van der Waals surface area (Å²) in [6.07, 6.45) is 2.76. The molecule has 1 saturated heterocycles. The van der Waals surface area contributed by atoms with E-state index in [1.807, 2.05) is 6.92 Å². The molecule has 20 heavy (non-hydrogen) atoms. The summed E-state index contributed by atoms with van der Waals surface area (Å²) in [5.41, 5.74) is 1.08. The summed E-state index contributed by atoms with van der Waals surface area (Å²) >= 11 is 0. The molecule has 0 radical (unpaired) electrons. The van der Waals surface area contributed by atoms with Gasteiger partial charge in [-0.15, -0.1) is 0 Å². The number of nitrogens with zero attached hydrogens (tertiary/aromatic N) is 2. The van der Waals surface area contributed by atoms with Crippen molar-refractivity contribution in [3.8, 4) is 0 Å². The highest BCUT2D eigenvalue weighted by molar-refractivity contribution is 7.89. The van der Waals surface area contributed by atoms with E-state index in [0.717, 1.165) is 13.0 Å². The number of hydrogen-bond acceptors (Lipinski definition) is 6. The molecule has 1 unspecified atom stereocenters. The average Bonchev–Trinajstić information content (AvgIpc) is 3.06. The van der Waals surface area contributed by atoms with Crippen LogP contribution < -0.4 is 10.0 Å². The van der Waals surface area contributed by atoms with Crippen LogP contribution in [-0.2, 0) is 16.4 Å². The number of nitrogens with one attached hydrogen (secondary N) is 2. The maximum Gasteiger partial charge on any atom is 0.258 e. The van der Waals surface area contributed by atoms with Crippen LogP contribution in [0.4, 0.5) is 0 Å².